The smallest absolute Gasteiger partial charge is 0.233 e. The second kappa shape index (κ2) is 8.19. The van der Waals surface area contributed by atoms with Crippen LogP contribution in [-0.2, 0) is 22.6 Å². The summed E-state index contributed by atoms with van der Waals surface area (Å²) >= 11 is 0. The van der Waals surface area contributed by atoms with Gasteiger partial charge in [0.2, 0.25) is 11.8 Å². The zero-order valence-corrected chi connectivity index (χ0v) is 18.4. The van der Waals surface area contributed by atoms with E-state index in [1.165, 1.54) is 5.56 Å². The van der Waals surface area contributed by atoms with Gasteiger partial charge in [-0.3, -0.25) is 14.5 Å². The van der Waals surface area contributed by atoms with Crippen molar-refractivity contribution in [1.82, 2.24) is 9.97 Å². The molecule has 3 heterocycles. The summed E-state index contributed by atoms with van der Waals surface area (Å²) in [6.45, 7) is 5.53. The first kappa shape index (κ1) is 20.4. The normalized spacial score (nSPS) is 15.7. The van der Waals surface area contributed by atoms with Gasteiger partial charge in [-0.05, 0) is 35.6 Å². The summed E-state index contributed by atoms with van der Waals surface area (Å²) in [6, 6.07) is 16.1. The van der Waals surface area contributed by atoms with Crippen LogP contribution in [0.1, 0.15) is 49.3 Å². The summed E-state index contributed by atoms with van der Waals surface area (Å²) in [6.07, 6.45) is 3.63. The summed E-state index contributed by atoms with van der Waals surface area (Å²) < 4.78 is 0. The average molecular weight is 427 g/mol. The molecule has 3 aromatic rings. The van der Waals surface area contributed by atoms with Crippen molar-refractivity contribution in [2.24, 2.45) is 0 Å². The molecule has 0 spiro atoms. The van der Waals surface area contributed by atoms with Crippen molar-refractivity contribution >= 4 is 23.3 Å². The Morgan fingerprint density at radius 1 is 1.00 bits per heavy atom. The van der Waals surface area contributed by atoms with Crippen LogP contribution in [0.15, 0.2) is 54.7 Å². The zero-order valence-electron chi connectivity index (χ0n) is 18.4. The fraction of sp³-hybridized carbons (Fsp3) is 0.308. The highest BCUT2D eigenvalue weighted by Crippen LogP contribution is 2.33. The van der Waals surface area contributed by atoms with Gasteiger partial charge in [-0.25, -0.2) is 9.97 Å². The fourth-order valence-electron chi connectivity index (χ4n) is 4.51. The van der Waals surface area contributed by atoms with E-state index < -0.39 is 0 Å². The van der Waals surface area contributed by atoms with Crippen molar-refractivity contribution in [3.05, 3.63) is 71.4 Å². The van der Waals surface area contributed by atoms with Crippen molar-refractivity contribution in [1.29, 1.82) is 0 Å². The van der Waals surface area contributed by atoms with Gasteiger partial charge >= 0.3 is 0 Å². The molecular weight excluding hydrogens is 400 g/mol. The third kappa shape index (κ3) is 3.66. The Balaban J connectivity index is 1.42. The lowest BCUT2D eigenvalue weighted by atomic mass is 9.97. The maximum absolute atomic E-state index is 12.8. The monoisotopic (exact) mass is 426 g/mol. The fourth-order valence-corrected chi connectivity index (χ4v) is 4.51. The largest absolute Gasteiger partial charge is 0.312 e. The van der Waals surface area contributed by atoms with Gasteiger partial charge in [0.25, 0.3) is 0 Å². The Morgan fingerprint density at radius 2 is 1.78 bits per heavy atom. The molecule has 2 aromatic carbocycles. The SMILES string of the molecule is CC(C)c1ccccc1-c1ncc2c(n1)N(Cc1ccc(N3CCCC3=O)cc1)C(=O)C2. The highest BCUT2D eigenvalue weighted by molar-refractivity contribution is 6.00. The highest BCUT2D eigenvalue weighted by Gasteiger charge is 2.30. The van der Waals surface area contributed by atoms with Crippen LogP contribution in [0.2, 0.25) is 0 Å². The minimum absolute atomic E-state index is 0.0300. The highest BCUT2D eigenvalue weighted by atomic mass is 16.2. The number of aromatic nitrogens is 2. The van der Waals surface area contributed by atoms with E-state index in [1.54, 1.807) is 11.1 Å². The van der Waals surface area contributed by atoms with Crippen LogP contribution in [0.5, 0.6) is 0 Å². The van der Waals surface area contributed by atoms with Crippen molar-refractivity contribution in [2.45, 2.75) is 45.6 Å². The van der Waals surface area contributed by atoms with E-state index in [-0.39, 0.29) is 11.8 Å². The summed E-state index contributed by atoms with van der Waals surface area (Å²) in [5, 5.41) is 0. The molecule has 6 nitrogen and oxygen atoms in total. The Kier molecular flexibility index (Phi) is 5.21. The topological polar surface area (TPSA) is 66.4 Å². The van der Waals surface area contributed by atoms with E-state index in [0.717, 1.165) is 35.3 Å². The lowest BCUT2D eigenvalue weighted by Crippen LogP contribution is -2.27. The molecule has 32 heavy (non-hydrogen) atoms. The molecule has 0 bridgehead atoms. The average Bonchev–Trinajstić information content (AvgIpc) is 3.36. The maximum atomic E-state index is 12.8. The Bertz CT molecular complexity index is 1190. The molecule has 5 rings (SSSR count). The minimum atomic E-state index is 0.0300. The van der Waals surface area contributed by atoms with Gasteiger partial charge in [-0.15, -0.1) is 0 Å². The first-order chi connectivity index (χ1) is 15.5. The second-order valence-corrected chi connectivity index (χ2v) is 8.76. The number of carbonyl (C=O) groups excluding carboxylic acids is 2. The van der Waals surface area contributed by atoms with Gasteiger partial charge in [-0.1, -0.05) is 50.2 Å². The maximum Gasteiger partial charge on any atom is 0.233 e. The van der Waals surface area contributed by atoms with Crippen LogP contribution < -0.4 is 9.80 Å². The van der Waals surface area contributed by atoms with Crippen molar-refractivity contribution < 1.29 is 9.59 Å². The molecule has 6 heteroatoms. The number of hydrogen-bond donors (Lipinski definition) is 0. The van der Waals surface area contributed by atoms with E-state index in [0.29, 0.717) is 36.9 Å². The van der Waals surface area contributed by atoms with Crippen molar-refractivity contribution in [2.75, 3.05) is 16.3 Å². The molecule has 0 aliphatic carbocycles. The molecule has 2 aliphatic rings. The molecule has 162 valence electrons. The number of carbonyl (C=O) groups is 2. The van der Waals surface area contributed by atoms with Crippen molar-refractivity contribution in [3.8, 4) is 11.4 Å². The molecule has 0 atom stereocenters. The van der Waals surface area contributed by atoms with E-state index >= 15 is 0 Å². The standard InChI is InChI=1S/C26H26N4O2/c1-17(2)21-6-3-4-7-22(21)25-27-15-19-14-24(32)30(26(19)28-25)16-18-9-11-20(12-10-18)29-13-5-8-23(29)31/h3-4,6-7,9-12,15,17H,5,8,13-14,16H2,1-2H3. The molecule has 1 fully saturated rings. The van der Waals surface area contributed by atoms with E-state index in [2.05, 4.69) is 24.9 Å². The second-order valence-electron chi connectivity index (χ2n) is 8.76. The summed E-state index contributed by atoms with van der Waals surface area (Å²) in [5.41, 5.74) is 4.98. The van der Waals surface area contributed by atoms with Crippen LogP contribution in [0.25, 0.3) is 11.4 Å². The van der Waals surface area contributed by atoms with Gasteiger partial charge in [0.1, 0.15) is 5.82 Å². The van der Waals surface area contributed by atoms with Gasteiger partial charge < -0.3 is 4.90 Å². The van der Waals surface area contributed by atoms with Crippen LogP contribution in [-0.4, -0.2) is 28.3 Å². The number of anilines is 2. The van der Waals surface area contributed by atoms with Gasteiger partial charge in [-0.2, -0.15) is 0 Å². The van der Waals surface area contributed by atoms with Crippen LogP contribution in [0.4, 0.5) is 11.5 Å². The number of nitrogens with zero attached hydrogens (tertiary/aromatic N) is 4. The first-order valence-corrected chi connectivity index (χ1v) is 11.2. The summed E-state index contributed by atoms with van der Waals surface area (Å²) in [5.74, 6) is 1.89. The Labute approximate surface area is 187 Å². The molecule has 2 amide bonds. The van der Waals surface area contributed by atoms with Gasteiger partial charge in [0, 0.05) is 36.0 Å². The molecule has 0 radical (unpaired) electrons. The van der Waals surface area contributed by atoms with Crippen LogP contribution in [0.3, 0.4) is 0 Å². The Morgan fingerprint density at radius 3 is 2.50 bits per heavy atom. The van der Waals surface area contributed by atoms with E-state index in [4.69, 9.17) is 4.98 Å². The molecule has 2 aliphatic heterocycles. The summed E-state index contributed by atoms with van der Waals surface area (Å²) in [7, 11) is 0. The van der Waals surface area contributed by atoms with Crippen molar-refractivity contribution in [3.63, 3.8) is 0 Å². The zero-order chi connectivity index (χ0) is 22.2. The predicted molar refractivity (Wildman–Crippen MR) is 124 cm³/mol. The molecule has 1 aromatic heterocycles. The van der Waals surface area contributed by atoms with Gasteiger partial charge in [0.05, 0.1) is 13.0 Å². The Hall–Kier alpha value is -3.54. The third-order valence-corrected chi connectivity index (χ3v) is 6.23. The molecule has 0 saturated carbocycles. The van der Waals surface area contributed by atoms with E-state index in [9.17, 15) is 9.59 Å². The van der Waals surface area contributed by atoms with Gasteiger partial charge in [0.15, 0.2) is 5.82 Å². The molecule has 1 saturated heterocycles. The van der Waals surface area contributed by atoms with E-state index in [1.807, 2.05) is 47.4 Å². The number of amides is 2. The van der Waals surface area contributed by atoms with Crippen LogP contribution in [0, 0.1) is 0 Å². The number of hydrogen-bond acceptors (Lipinski definition) is 4. The minimum Gasteiger partial charge on any atom is -0.312 e. The molecule has 0 N–H and O–H groups in total. The summed E-state index contributed by atoms with van der Waals surface area (Å²) in [4.78, 5) is 37.7. The number of benzene rings is 2. The molecule has 0 unspecified atom stereocenters. The number of rotatable bonds is 5. The third-order valence-electron chi connectivity index (χ3n) is 6.23. The lowest BCUT2D eigenvalue weighted by molar-refractivity contribution is -0.118. The quantitative estimate of drug-likeness (QED) is 0.603. The predicted octanol–water partition coefficient (Wildman–Crippen LogP) is 4.48. The lowest BCUT2D eigenvalue weighted by Gasteiger charge is -2.19. The van der Waals surface area contributed by atoms with Crippen LogP contribution >= 0.6 is 0 Å². The molecular formula is C26H26N4O2. The number of fused-ring (bicyclic) bond motifs is 1. The first-order valence-electron chi connectivity index (χ1n) is 11.2.